The zero-order chi connectivity index (χ0) is 18.0. The molecule has 1 aliphatic heterocycles. The molecule has 0 saturated carbocycles. The molecule has 1 aliphatic rings. The van der Waals surface area contributed by atoms with Gasteiger partial charge in [-0.25, -0.2) is 0 Å². The van der Waals surface area contributed by atoms with Crippen molar-refractivity contribution in [3.8, 4) is 0 Å². The molecule has 1 N–H and O–H groups in total. The number of carbonyl (C=O) groups is 2. The monoisotopic (exact) mass is 336 g/mol. The Balaban J connectivity index is 2.17. The predicted molar refractivity (Wildman–Crippen MR) is 91.1 cm³/mol. The van der Waals surface area contributed by atoms with Gasteiger partial charge in [0, 0.05) is 44.7 Å². The Bertz CT molecular complexity index is 602. The van der Waals surface area contributed by atoms with E-state index in [-0.39, 0.29) is 18.0 Å². The van der Waals surface area contributed by atoms with Crippen LogP contribution in [-0.4, -0.2) is 53.3 Å². The van der Waals surface area contributed by atoms with Gasteiger partial charge in [0.25, 0.3) is 5.91 Å². The number of hydrogen-bond donors (Lipinski definition) is 1. The van der Waals surface area contributed by atoms with Crippen LogP contribution in [0.5, 0.6) is 0 Å². The van der Waals surface area contributed by atoms with Gasteiger partial charge in [-0.1, -0.05) is 0 Å². The zero-order valence-electron chi connectivity index (χ0n) is 15.0. The minimum Gasteiger partial charge on any atom is -0.481 e. The third-order valence-electron chi connectivity index (χ3n) is 4.82. The molecule has 0 bridgehead atoms. The fraction of sp³-hybridized carbons (Fsp3) is 0.667. The number of nitrogens with zero attached hydrogens (tertiary/aromatic N) is 2. The normalized spacial score (nSPS) is 21.8. The van der Waals surface area contributed by atoms with Gasteiger partial charge in [-0.2, -0.15) is 0 Å². The maximum atomic E-state index is 12.8. The van der Waals surface area contributed by atoms with E-state index in [9.17, 15) is 14.7 Å². The number of ether oxygens (including phenoxy) is 1. The summed E-state index contributed by atoms with van der Waals surface area (Å²) in [5, 5.41) is 9.70. The molecule has 1 aromatic heterocycles. The standard InChI is InChI=1S/C18H28N2O4/c1-17(2,3)20-10-6-14(12-20)15(21)19-9-5-7-18(13-19,16(22)23)8-11-24-4/h6,10,12H,5,7-9,11,13H2,1-4H3,(H,22,23)/t18-/m1/s1. The summed E-state index contributed by atoms with van der Waals surface area (Å²) in [6.07, 6.45) is 5.44. The number of carbonyl (C=O) groups excluding carboxylic acids is 1. The van der Waals surface area contributed by atoms with Gasteiger partial charge >= 0.3 is 5.97 Å². The van der Waals surface area contributed by atoms with Crippen LogP contribution in [0.2, 0.25) is 0 Å². The molecule has 6 heteroatoms. The van der Waals surface area contributed by atoms with E-state index in [1.54, 1.807) is 18.1 Å². The van der Waals surface area contributed by atoms with Crippen molar-refractivity contribution in [2.45, 2.75) is 45.6 Å². The average molecular weight is 336 g/mol. The predicted octanol–water partition coefficient (Wildman–Crippen LogP) is 2.59. The van der Waals surface area contributed by atoms with E-state index in [1.807, 2.05) is 17.0 Å². The Labute approximate surface area is 143 Å². The number of likely N-dealkylation sites (tertiary alicyclic amines) is 1. The van der Waals surface area contributed by atoms with Crippen LogP contribution in [0, 0.1) is 5.41 Å². The third kappa shape index (κ3) is 3.80. The van der Waals surface area contributed by atoms with Gasteiger partial charge in [0.15, 0.2) is 0 Å². The van der Waals surface area contributed by atoms with E-state index in [2.05, 4.69) is 20.8 Å². The molecule has 24 heavy (non-hydrogen) atoms. The number of carboxylic acid groups (broad SMARTS) is 1. The van der Waals surface area contributed by atoms with Crippen molar-refractivity contribution in [2.75, 3.05) is 26.8 Å². The summed E-state index contributed by atoms with van der Waals surface area (Å²) in [6.45, 7) is 7.44. The lowest BCUT2D eigenvalue weighted by Gasteiger charge is -2.39. The Morgan fingerprint density at radius 3 is 2.62 bits per heavy atom. The molecule has 6 nitrogen and oxygen atoms in total. The first kappa shape index (κ1) is 18.5. The Kier molecular flexibility index (Phi) is 5.38. The molecule has 134 valence electrons. The largest absolute Gasteiger partial charge is 0.481 e. The Hall–Kier alpha value is -1.82. The summed E-state index contributed by atoms with van der Waals surface area (Å²) in [4.78, 5) is 26.3. The summed E-state index contributed by atoms with van der Waals surface area (Å²) in [5.74, 6) is -0.940. The minimum atomic E-state index is -0.906. The third-order valence-corrected chi connectivity index (χ3v) is 4.82. The molecule has 0 radical (unpaired) electrons. The second kappa shape index (κ2) is 6.97. The molecule has 0 aliphatic carbocycles. The van der Waals surface area contributed by atoms with Gasteiger partial charge in [-0.05, 0) is 46.1 Å². The molecule has 0 aromatic carbocycles. The maximum Gasteiger partial charge on any atom is 0.311 e. The van der Waals surface area contributed by atoms with Gasteiger partial charge in [0.1, 0.15) is 0 Å². The molecule has 1 saturated heterocycles. The SMILES string of the molecule is COCC[C@]1(C(=O)O)CCCN(C(=O)c2ccn(C(C)(C)C)c2)C1. The van der Waals surface area contributed by atoms with E-state index in [0.717, 1.165) is 0 Å². The van der Waals surface area contributed by atoms with Crippen LogP contribution >= 0.6 is 0 Å². The summed E-state index contributed by atoms with van der Waals surface area (Å²) in [5.41, 5.74) is -0.391. The second-order valence-electron chi connectivity index (χ2n) is 7.64. The minimum absolute atomic E-state index is 0.0935. The average Bonchev–Trinajstić information content (AvgIpc) is 3.02. The number of methoxy groups -OCH3 is 1. The Morgan fingerprint density at radius 1 is 1.38 bits per heavy atom. The summed E-state index contributed by atoms with van der Waals surface area (Å²) in [6, 6.07) is 1.81. The molecule has 0 spiro atoms. The van der Waals surface area contributed by atoms with Crippen molar-refractivity contribution < 1.29 is 19.4 Å². The number of aromatic nitrogens is 1. The van der Waals surface area contributed by atoms with Crippen LogP contribution in [0.25, 0.3) is 0 Å². The highest BCUT2D eigenvalue weighted by atomic mass is 16.5. The van der Waals surface area contributed by atoms with Crippen molar-refractivity contribution in [1.29, 1.82) is 0 Å². The molecule has 2 heterocycles. The van der Waals surface area contributed by atoms with E-state index in [4.69, 9.17) is 4.74 Å². The number of carboxylic acids is 1. The van der Waals surface area contributed by atoms with Gasteiger partial charge in [0.05, 0.1) is 11.0 Å². The first-order chi connectivity index (χ1) is 11.2. The van der Waals surface area contributed by atoms with Crippen LogP contribution in [0.3, 0.4) is 0 Å². The van der Waals surface area contributed by atoms with Gasteiger partial charge in [0.2, 0.25) is 0 Å². The maximum absolute atomic E-state index is 12.8. The summed E-state index contributed by atoms with van der Waals surface area (Å²) >= 11 is 0. The van der Waals surface area contributed by atoms with Crippen molar-refractivity contribution in [3.05, 3.63) is 24.0 Å². The van der Waals surface area contributed by atoms with Crippen LogP contribution in [0.1, 0.15) is 50.4 Å². The van der Waals surface area contributed by atoms with E-state index >= 15 is 0 Å². The number of rotatable bonds is 5. The summed E-state index contributed by atoms with van der Waals surface area (Å²) < 4.78 is 7.07. The molecule has 1 amide bonds. The number of amides is 1. The molecule has 1 fully saturated rings. The van der Waals surface area contributed by atoms with E-state index in [1.165, 1.54) is 0 Å². The van der Waals surface area contributed by atoms with Crippen molar-refractivity contribution >= 4 is 11.9 Å². The van der Waals surface area contributed by atoms with E-state index in [0.29, 0.717) is 38.0 Å². The van der Waals surface area contributed by atoms with Crippen LogP contribution in [-0.2, 0) is 15.1 Å². The smallest absolute Gasteiger partial charge is 0.311 e. The number of piperidine rings is 1. The van der Waals surface area contributed by atoms with Crippen LogP contribution in [0.4, 0.5) is 0 Å². The fourth-order valence-corrected chi connectivity index (χ4v) is 3.21. The summed E-state index contributed by atoms with van der Waals surface area (Å²) in [7, 11) is 1.57. The molecule has 2 rings (SSSR count). The van der Waals surface area contributed by atoms with Crippen LogP contribution in [0.15, 0.2) is 18.5 Å². The fourth-order valence-electron chi connectivity index (χ4n) is 3.21. The topological polar surface area (TPSA) is 71.8 Å². The number of hydrogen-bond acceptors (Lipinski definition) is 3. The second-order valence-corrected chi connectivity index (χ2v) is 7.64. The van der Waals surface area contributed by atoms with Gasteiger partial charge in [-0.3, -0.25) is 9.59 Å². The van der Waals surface area contributed by atoms with Gasteiger partial charge < -0.3 is 19.3 Å². The lowest BCUT2D eigenvalue weighted by atomic mass is 9.77. The Morgan fingerprint density at radius 2 is 2.08 bits per heavy atom. The quantitative estimate of drug-likeness (QED) is 0.897. The highest BCUT2D eigenvalue weighted by molar-refractivity contribution is 5.94. The lowest BCUT2D eigenvalue weighted by molar-refractivity contribution is -0.153. The zero-order valence-corrected chi connectivity index (χ0v) is 15.0. The van der Waals surface area contributed by atoms with Gasteiger partial charge in [-0.15, -0.1) is 0 Å². The van der Waals surface area contributed by atoms with Crippen molar-refractivity contribution in [1.82, 2.24) is 9.47 Å². The van der Waals surface area contributed by atoms with Crippen LogP contribution < -0.4 is 0 Å². The lowest BCUT2D eigenvalue weighted by Crippen LogP contribution is -2.50. The first-order valence-corrected chi connectivity index (χ1v) is 8.40. The van der Waals surface area contributed by atoms with Crippen molar-refractivity contribution in [2.24, 2.45) is 5.41 Å². The van der Waals surface area contributed by atoms with Crippen molar-refractivity contribution in [3.63, 3.8) is 0 Å². The first-order valence-electron chi connectivity index (χ1n) is 8.40. The molecule has 1 aromatic rings. The highest BCUT2D eigenvalue weighted by Gasteiger charge is 2.43. The number of aliphatic carboxylic acids is 1. The van der Waals surface area contributed by atoms with E-state index < -0.39 is 11.4 Å². The molecular weight excluding hydrogens is 308 g/mol. The molecule has 0 unspecified atom stereocenters. The molecule has 1 atom stereocenters. The molecular formula is C18H28N2O4. The highest BCUT2D eigenvalue weighted by Crippen LogP contribution is 2.34.